The van der Waals surface area contributed by atoms with Crippen LogP contribution < -0.4 is 0 Å². The van der Waals surface area contributed by atoms with Gasteiger partial charge in [0.05, 0.1) is 24.6 Å². The van der Waals surface area contributed by atoms with Gasteiger partial charge in [-0.25, -0.2) is 0 Å². The Morgan fingerprint density at radius 3 is 2.42 bits per heavy atom. The van der Waals surface area contributed by atoms with Gasteiger partial charge in [-0.3, -0.25) is 9.69 Å². The number of carboxylic acid groups (broad SMARTS) is 1. The molecule has 0 aliphatic heterocycles. The van der Waals surface area contributed by atoms with Crippen LogP contribution in [0.25, 0.3) is 22.5 Å². The third-order valence-corrected chi connectivity index (χ3v) is 6.80. The molecule has 0 amide bonds. The Labute approximate surface area is 218 Å². The Balaban J connectivity index is 1.60. The van der Waals surface area contributed by atoms with Gasteiger partial charge in [0.15, 0.2) is 0 Å². The molecule has 1 heterocycles. The van der Waals surface area contributed by atoms with Crippen molar-refractivity contribution in [1.29, 1.82) is 0 Å². The predicted octanol–water partition coefficient (Wildman–Crippen LogP) is 5.88. The SMILES string of the molecule is COCC(c1ccc(-c2noc(C3=CC=C(c4ccccc4)C(C)(C(F)(F)F)C3)n2)cc1)N(C)CC(=O)O. The second-order valence-electron chi connectivity index (χ2n) is 9.47. The number of hydrogen-bond donors (Lipinski definition) is 1. The van der Waals surface area contributed by atoms with Crippen molar-refractivity contribution in [3.63, 3.8) is 0 Å². The first kappa shape index (κ1) is 27.3. The summed E-state index contributed by atoms with van der Waals surface area (Å²) in [5, 5.41) is 13.1. The molecule has 1 aliphatic carbocycles. The van der Waals surface area contributed by atoms with Crippen molar-refractivity contribution >= 4 is 17.1 Å². The first-order valence-corrected chi connectivity index (χ1v) is 11.9. The number of aromatic nitrogens is 2. The molecule has 0 fully saturated rings. The van der Waals surface area contributed by atoms with Crippen LogP contribution in [0.5, 0.6) is 0 Å². The summed E-state index contributed by atoms with van der Waals surface area (Å²) < 4.78 is 53.6. The molecule has 0 spiro atoms. The summed E-state index contributed by atoms with van der Waals surface area (Å²) in [6.07, 6.45) is -1.76. The van der Waals surface area contributed by atoms with E-state index in [4.69, 9.17) is 14.4 Å². The molecule has 0 saturated carbocycles. The maximum absolute atomic E-state index is 14.3. The molecule has 0 radical (unpaired) electrons. The highest BCUT2D eigenvalue weighted by atomic mass is 19.4. The molecule has 2 aromatic carbocycles. The molecule has 2 atom stereocenters. The fraction of sp³-hybridized carbons (Fsp3) is 0.321. The monoisotopic (exact) mass is 527 g/mol. The van der Waals surface area contributed by atoms with Crippen LogP contribution in [-0.2, 0) is 9.53 Å². The van der Waals surface area contributed by atoms with Gasteiger partial charge in [0.25, 0.3) is 5.89 Å². The number of allylic oxidation sites excluding steroid dienone is 4. The van der Waals surface area contributed by atoms with Gasteiger partial charge in [-0.1, -0.05) is 71.9 Å². The lowest BCUT2D eigenvalue weighted by Gasteiger charge is -2.37. The van der Waals surface area contributed by atoms with E-state index in [-0.39, 0.29) is 36.3 Å². The Morgan fingerprint density at radius 2 is 1.82 bits per heavy atom. The van der Waals surface area contributed by atoms with Crippen LogP contribution in [0.15, 0.2) is 71.3 Å². The Kier molecular flexibility index (Phi) is 7.84. The zero-order valence-electron chi connectivity index (χ0n) is 21.2. The summed E-state index contributed by atoms with van der Waals surface area (Å²) in [5.41, 5.74) is 0.301. The van der Waals surface area contributed by atoms with Gasteiger partial charge in [0, 0.05) is 18.2 Å². The van der Waals surface area contributed by atoms with E-state index in [2.05, 4.69) is 10.1 Å². The van der Waals surface area contributed by atoms with Gasteiger partial charge in [-0.15, -0.1) is 0 Å². The van der Waals surface area contributed by atoms with Crippen LogP contribution in [0.4, 0.5) is 13.2 Å². The predicted molar refractivity (Wildman–Crippen MR) is 136 cm³/mol. The highest BCUT2D eigenvalue weighted by Crippen LogP contribution is 2.54. The first-order valence-electron chi connectivity index (χ1n) is 11.9. The van der Waals surface area contributed by atoms with Crippen molar-refractivity contribution in [3.05, 3.63) is 83.8 Å². The Morgan fingerprint density at radius 1 is 1.13 bits per heavy atom. The quantitative estimate of drug-likeness (QED) is 0.372. The lowest BCUT2D eigenvalue weighted by Crippen LogP contribution is -2.37. The van der Waals surface area contributed by atoms with Crippen LogP contribution in [0.1, 0.15) is 36.4 Å². The topological polar surface area (TPSA) is 88.7 Å². The molecule has 3 aromatic rings. The second kappa shape index (κ2) is 10.9. The molecule has 2 unspecified atom stereocenters. The summed E-state index contributed by atoms with van der Waals surface area (Å²) in [6.45, 7) is 1.32. The fourth-order valence-corrected chi connectivity index (χ4v) is 4.62. The fourth-order valence-electron chi connectivity index (χ4n) is 4.62. The molecule has 38 heavy (non-hydrogen) atoms. The number of benzene rings is 2. The van der Waals surface area contributed by atoms with Crippen molar-refractivity contribution < 1.29 is 32.3 Å². The molecule has 4 rings (SSSR count). The third-order valence-electron chi connectivity index (χ3n) is 6.80. The van der Waals surface area contributed by atoms with Gasteiger partial charge in [0.2, 0.25) is 5.82 Å². The van der Waals surface area contributed by atoms with E-state index < -0.39 is 17.6 Å². The van der Waals surface area contributed by atoms with Gasteiger partial charge in [-0.2, -0.15) is 18.2 Å². The number of methoxy groups -OCH3 is 1. The van der Waals surface area contributed by atoms with E-state index in [1.54, 1.807) is 67.6 Å². The number of carboxylic acids is 1. The number of halogens is 3. The standard InChI is InChI=1S/C28H28F3N3O4/c1-27(28(29,30)31)15-21(13-14-22(27)18-7-5-4-6-8-18)26-32-25(33-38-26)20-11-9-19(10-12-20)23(17-37-3)34(2)16-24(35)36/h4-14,23H,15-17H2,1-3H3,(H,35,36). The van der Waals surface area contributed by atoms with Gasteiger partial charge < -0.3 is 14.4 Å². The number of aliphatic carboxylic acids is 1. The van der Waals surface area contributed by atoms with Crippen LogP contribution in [0.2, 0.25) is 0 Å². The number of hydrogen-bond acceptors (Lipinski definition) is 6. The van der Waals surface area contributed by atoms with Crippen LogP contribution in [0.3, 0.4) is 0 Å². The molecule has 200 valence electrons. The number of alkyl halides is 3. The summed E-state index contributed by atoms with van der Waals surface area (Å²) in [5.74, 6) is -0.684. The van der Waals surface area contributed by atoms with E-state index in [1.807, 2.05) is 12.1 Å². The molecule has 1 N–H and O–H groups in total. The van der Waals surface area contributed by atoms with E-state index in [0.717, 1.165) is 5.56 Å². The number of nitrogens with zero attached hydrogens (tertiary/aromatic N) is 3. The highest BCUT2D eigenvalue weighted by Gasteiger charge is 2.55. The van der Waals surface area contributed by atoms with Gasteiger partial charge >= 0.3 is 12.1 Å². The molecule has 1 aromatic heterocycles. The molecule has 0 bridgehead atoms. The Bertz CT molecular complexity index is 1330. The van der Waals surface area contributed by atoms with E-state index in [0.29, 0.717) is 23.3 Å². The zero-order valence-corrected chi connectivity index (χ0v) is 21.2. The average Bonchev–Trinajstić information content (AvgIpc) is 3.37. The third kappa shape index (κ3) is 5.56. The van der Waals surface area contributed by atoms with E-state index in [1.165, 1.54) is 13.0 Å². The van der Waals surface area contributed by atoms with E-state index in [9.17, 15) is 18.0 Å². The van der Waals surface area contributed by atoms with Crippen LogP contribution >= 0.6 is 0 Å². The van der Waals surface area contributed by atoms with Crippen LogP contribution in [0, 0.1) is 5.41 Å². The first-order chi connectivity index (χ1) is 18.0. The second-order valence-corrected chi connectivity index (χ2v) is 9.47. The molecule has 1 aliphatic rings. The van der Waals surface area contributed by atoms with Crippen molar-refractivity contribution in [1.82, 2.24) is 15.0 Å². The number of carbonyl (C=O) groups is 1. The normalized spacial score (nSPS) is 18.7. The van der Waals surface area contributed by atoms with Crippen LogP contribution in [-0.4, -0.2) is 59.6 Å². The minimum absolute atomic E-state index is 0.0290. The van der Waals surface area contributed by atoms with Crippen molar-refractivity contribution in [3.8, 4) is 11.4 Å². The number of rotatable bonds is 9. The molecule has 7 nitrogen and oxygen atoms in total. The van der Waals surface area contributed by atoms with Crippen molar-refractivity contribution in [2.75, 3.05) is 27.3 Å². The van der Waals surface area contributed by atoms with Gasteiger partial charge in [0.1, 0.15) is 0 Å². The maximum Gasteiger partial charge on any atom is 0.398 e. The highest BCUT2D eigenvalue weighted by molar-refractivity contribution is 5.80. The zero-order chi connectivity index (χ0) is 27.5. The van der Waals surface area contributed by atoms with Gasteiger partial charge in [-0.05, 0) is 37.1 Å². The van der Waals surface area contributed by atoms with E-state index >= 15 is 0 Å². The molecular weight excluding hydrogens is 499 g/mol. The number of ether oxygens (including phenoxy) is 1. The minimum Gasteiger partial charge on any atom is -0.480 e. The number of likely N-dealkylation sites (N-methyl/N-ethyl adjacent to an activating group) is 1. The minimum atomic E-state index is -4.50. The molecule has 0 saturated heterocycles. The summed E-state index contributed by atoms with van der Waals surface area (Å²) in [7, 11) is 3.24. The lowest BCUT2D eigenvalue weighted by atomic mass is 9.70. The largest absolute Gasteiger partial charge is 0.480 e. The summed E-state index contributed by atoms with van der Waals surface area (Å²) in [6, 6.07) is 15.4. The summed E-state index contributed by atoms with van der Waals surface area (Å²) in [4.78, 5) is 17.2. The average molecular weight is 528 g/mol. The Hall–Kier alpha value is -3.76. The molecular formula is C28H28F3N3O4. The lowest BCUT2D eigenvalue weighted by molar-refractivity contribution is -0.194. The summed E-state index contributed by atoms with van der Waals surface area (Å²) >= 11 is 0. The smallest absolute Gasteiger partial charge is 0.398 e. The van der Waals surface area contributed by atoms with Crippen molar-refractivity contribution in [2.45, 2.75) is 25.6 Å². The van der Waals surface area contributed by atoms with Crippen molar-refractivity contribution in [2.24, 2.45) is 5.41 Å². The molecule has 10 heteroatoms. The maximum atomic E-state index is 14.3.